The number of nitrogens with zero attached hydrogens (tertiary/aromatic N) is 2. The molecule has 0 fully saturated rings. The van der Waals surface area contributed by atoms with Crippen LogP contribution in [0.25, 0.3) is 10.9 Å². The van der Waals surface area contributed by atoms with Crippen molar-refractivity contribution in [2.75, 3.05) is 0 Å². The smallest absolute Gasteiger partial charge is 0.336 e. The monoisotopic (exact) mass is 479 g/mol. The number of phenols is 1. The number of carbonyl (C=O) groups is 2. The number of pyridine rings is 1. The highest BCUT2D eigenvalue weighted by Crippen LogP contribution is 2.22. The number of hydrogen-bond donors (Lipinski definition) is 3. The van der Waals surface area contributed by atoms with Crippen LogP contribution >= 0.6 is 0 Å². The average Bonchev–Trinajstić information content (AvgIpc) is 2.88. The lowest BCUT2D eigenvalue weighted by Crippen LogP contribution is -2.36. The van der Waals surface area contributed by atoms with Crippen molar-refractivity contribution >= 4 is 22.8 Å². The number of rotatable bonds is 9. The van der Waals surface area contributed by atoms with Crippen molar-refractivity contribution < 1.29 is 19.8 Å². The van der Waals surface area contributed by atoms with E-state index in [1.165, 1.54) is 11.6 Å². The normalized spacial score (nSPS) is 11.5. The molecule has 1 heterocycles. The van der Waals surface area contributed by atoms with Crippen LogP contribution in [0.5, 0.6) is 5.75 Å². The predicted molar refractivity (Wildman–Crippen MR) is 136 cm³/mol. The fourth-order valence-electron chi connectivity index (χ4n) is 4.12. The number of nitriles is 1. The summed E-state index contributed by atoms with van der Waals surface area (Å²) < 4.78 is 0. The van der Waals surface area contributed by atoms with Crippen molar-refractivity contribution in [1.29, 1.82) is 5.26 Å². The van der Waals surface area contributed by atoms with Gasteiger partial charge in [0, 0.05) is 11.4 Å². The Kier molecular flexibility index (Phi) is 7.57. The molecule has 1 atom stereocenters. The van der Waals surface area contributed by atoms with Gasteiger partial charge in [-0.1, -0.05) is 48.5 Å². The molecule has 7 nitrogen and oxygen atoms in total. The lowest BCUT2D eigenvalue weighted by Gasteiger charge is -2.16. The van der Waals surface area contributed by atoms with Crippen LogP contribution in [0.1, 0.15) is 44.0 Å². The molecule has 7 heteroatoms. The molecular formula is C29H25N3O4. The Hall–Kier alpha value is -4.70. The Labute approximate surface area is 208 Å². The Morgan fingerprint density at radius 2 is 1.61 bits per heavy atom. The minimum absolute atomic E-state index is 0.00192. The van der Waals surface area contributed by atoms with Gasteiger partial charge in [0.05, 0.1) is 23.6 Å². The van der Waals surface area contributed by atoms with Crippen molar-refractivity contribution in [3.63, 3.8) is 0 Å². The fourth-order valence-corrected chi connectivity index (χ4v) is 4.12. The summed E-state index contributed by atoms with van der Waals surface area (Å²) in [6, 6.07) is 24.9. The van der Waals surface area contributed by atoms with Gasteiger partial charge in [-0.25, -0.2) is 9.78 Å². The molecule has 0 bridgehead atoms. The van der Waals surface area contributed by atoms with Crippen molar-refractivity contribution in [2.24, 2.45) is 0 Å². The molecule has 36 heavy (non-hydrogen) atoms. The first-order chi connectivity index (χ1) is 17.4. The Bertz CT molecular complexity index is 1430. The van der Waals surface area contributed by atoms with Crippen molar-refractivity contribution in [1.82, 2.24) is 10.3 Å². The maximum Gasteiger partial charge on any atom is 0.336 e. The van der Waals surface area contributed by atoms with E-state index in [1.54, 1.807) is 30.3 Å². The number of benzene rings is 3. The van der Waals surface area contributed by atoms with E-state index >= 15 is 0 Å². The van der Waals surface area contributed by atoms with Gasteiger partial charge < -0.3 is 15.5 Å². The van der Waals surface area contributed by atoms with Gasteiger partial charge in [0.25, 0.3) is 5.91 Å². The number of hydrogen-bond acceptors (Lipinski definition) is 5. The van der Waals surface area contributed by atoms with E-state index in [0.717, 1.165) is 24.0 Å². The van der Waals surface area contributed by atoms with E-state index < -0.39 is 17.9 Å². The molecule has 4 aromatic rings. The highest BCUT2D eigenvalue weighted by atomic mass is 16.4. The molecule has 0 unspecified atom stereocenters. The SMILES string of the molecule is N#CC[C@H](Cc1ccc(O)cc1)NC(=O)c1cc(C(=O)O)c2cc(CCc3ccccc3)ccc2n1. The van der Waals surface area contributed by atoms with Gasteiger partial charge in [0.15, 0.2) is 0 Å². The fraction of sp³-hybridized carbons (Fsp3) is 0.172. The van der Waals surface area contributed by atoms with Gasteiger partial charge in [-0.05, 0) is 66.3 Å². The summed E-state index contributed by atoms with van der Waals surface area (Å²) >= 11 is 0. The summed E-state index contributed by atoms with van der Waals surface area (Å²) in [5.41, 5.74) is 3.41. The zero-order chi connectivity index (χ0) is 25.5. The number of aromatic carboxylic acids is 1. The van der Waals surface area contributed by atoms with E-state index in [9.17, 15) is 25.1 Å². The molecule has 0 aliphatic carbocycles. The van der Waals surface area contributed by atoms with Gasteiger partial charge in [-0.2, -0.15) is 5.26 Å². The molecule has 180 valence electrons. The second kappa shape index (κ2) is 11.2. The summed E-state index contributed by atoms with van der Waals surface area (Å²) in [6.45, 7) is 0. The van der Waals surface area contributed by atoms with Crippen LogP contribution in [0.4, 0.5) is 0 Å². The van der Waals surface area contributed by atoms with E-state index in [-0.39, 0.29) is 23.4 Å². The molecule has 1 amide bonds. The first-order valence-electron chi connectivity index (χ1n) is 11.6. The molecule has 4 rings (SSSR count). The second-order valence-corrected chi connectivity index (χ2v) is 8.60. The third-order valence-electron chi connectivity index (χ3n) is 5.97. The summed E-state index contributed by atoms with van der Waals surface area (Å²) in [5, 5.41) is 31.8. The summed E-state index contributed by atoms with van der Waals surface area (Å²) in [6.07, 6.45) is 2.01. The number of aromatic hydroxyl groups is 1. The number of carboxylic acids is 1. The number of carboxylic acid groups (broad SMARTS) is 1. The first kappa shape index (κ1) is 24.4. The van der Waals surface area contributed by atoms with Gasteiger partial charge in [-0.15, -0.1) is 0 Å². The largest absolute Gasteiger partial charge is 0.508 e. The molecule has 3 N–H and O–H groups in total. The first-order valence-corrected chi connectivity index (χ1v) is 11.6. The maximum atomic E-state index is 13.0. The van der Waals surface area contributed by atoms with E-state index in [4.69, 9.17) is 0 Å². The van der Waals surface area contributed by atoms with Crippen LogP contribution in [0, 0.1) is 11.3 Å². The van der Waals surface area contributed by atoms with Gasteiger partial charge in [0.1, 0.15) is 11.4 Å². The summed E-state index contributed by atoms with van der Waals surface area (Å²) in [7, 11) is 0. The third kappa shape index (κ3) is 6.05. The molecule has 3 aromatic carbocycles. The van der Waals surface area contributed by atoms with Crippen LogP contribution in [-0.4, -0.2) is 33.1 Å². The summed E-state index contributed by atoms with van der Waals surface area (Å²) in [4.78, 5) is 29.5. The highest BCUT2D eigenvalue weighted by Gasteiger charge is 2.20. The standard InChI is InChI=1S/C29H25N3O4/c30-15-14-22(16-20-8-11-23(33)12-9-20)31-28(34)27-18-25(29(35)36)24-17-21(10-13-26(24)32-27)7-6-19-4-2-1-3-5-19/h1-5,8-13,17-18,22,33H,6-7,14,16H2,(H,31,34)(H,35,36)/t22-/m1/s1. The van der Waals surface area contributed by atoms with Crippen molar-refractivity contribution in [3.05, 3.63) is 107 Å². The van der Waals surface area contributed by atoms with E-state index in [2.05, 4.69) is 28.5 Å². The van der Waals surface area contributed by atoms with E-state index in [1.807, 2.05) is 30.3 Å². The Morgan fingerprint density at radius 3 is 2.31 bits per heavy atom. The Balaban J connectivity index is 1.56. The predicted octanol–water partition coefficient (Wildman–Crippen LogP) is 4.68. The van der Waals surface area contributed by atoms with Crippen molar-refractivity contribution in [3.8, 4) is 11.8 Å². The van der Waals surface area contributed by atoms with Crippen LogP contribution in [0.2, 0.25) is 0 Å². The third-order valence-corrected chi connectivity index (χ3v) is 5.97. The van der Waals surface area contributed by atoms with Gasteiger partial charge in [0.2, 0.25) is 0 Å². The summed E-state index contributed by atoms with van der Waals surface area (Å²) in [5.74, 6) is -1.56. The van der Waals surface area contributed by atoms with Gasteiger partial charge in [-0.3, -0.25) is 4.79 Å². The van der Waals surface area contributed by atoms with Gasteiger partial charge >= 0.3 is 5.97 Å². The number of nitrogens with one attached hydrogen (secondary N) is 1. The number of carbonyl (C=O) groups excluding carboxylic acids is 1. The molecule has 0 saturated heterocycles. The molecule has 0 radical (unpaired) electrons. The minimum Gasteiger partial charge on any atom is -0.508 e. The molecule has 0 aliphatic rings. The van der Waals surface area contributed by atoms with Crippen LogP contribution in [-0.2, 0) is 19.3 Å². The molecular weight excluding hydrogens is 454 g/mol. The molecule has 0 spiro atoms. The maximum absolute atomic E-state index is 13.0. The lowest BCUT2D eigenvalue weighted by atomic mass is 10.00. The average molecular weight is 480 g/mol. The molecule has 0 saturated carbocycles. The van der Waals surface area contributed by atoms with E-state index in [0.29, 0.717) is 17.3 Å². The number of fused-ring (bicyclic) bond motifs is 1. The zero-order valence-corrected chi connectivity index (χ0v) is 19.5. The number of aromatic nitrogens is 1. The minimum atomic E-state index is -1.14. The second-order valence-electron chi connectivity index (χ2n) is 8.60. The topological polar surface area (TPSA) is 123 Å². The lowest BCUT2D eigenvalue weighted by molar-refractivity contribution is 0.0699. The molecule has 1 aromatic heterocycles. The van der Waals surface area contributed by atoms with Crippen LogP contribution in [0.3, 0.4) is 0 Å². The zero-order valence-electron chi connectivity index (χ0n) is 19.5. The number of phenolic OH excluding ortho intramolecular Hbond substituents is 1. The number of amides is 1. The van der Waals surface area contributed by atoms with Crippen LogP contribution < -0.4 is 5.32 Å². The van der Waals surface area contributed by atoms with Crippen molar-refractivity contribution in [2.45, 2.75) is 31.7 Å². The highest BCUT2D eigenvalue weighted by molar-refractivity contribution is 6.06. The van der Waals surface area contributed by atoms with Crippen LogP contribution in [0.15, 0.2) is 78.9 Å². The molecule has 0 aliphatic heterocycles. The quantitative estimate of drug-likeness (QED) is 0.320. The number of aryl methyl sites for hydroxylation is 2. The Morgan fingerprint density at radius 1 is 0.917 bits per heavy atom.